The highest BCUT2D eigenvalue weighted by molar-refractivity contribution is 5.85. The van der Waals surface area contributed by atoms with E-state index in [-0.39, 0.29) is 35.9 Å². The zero-order valence-electron chi connectivity index (χ0n) is 20.6. The number of aliphatic hydroxyl groups is 1. The monoisotopic (exact) mass is 483 g/mol. The molecular formula is C27H37N3O5. The van der Waals surface area contributed by atoms with Gasteiger partial charge in [0.05, 0.1) is 24.6 Å². The van der Waals surface area contributed by atoms with Crippen molar-refractivity contribution in [1.29, 1.82) is 0 Å². The predicted octanol–water partition coefficient (Wildman–Crippen LogP) is 2.25. The summed E-state index contributed by atoms with van der Waals surface area (Å²) in [6.07, 6.45) is 10.1. The number of nitrogens with zero attached hydrogens (tertiary/aromatic N) is 2. The van der Waals surface area contributed by atoms with E-state index in [0.717, 1.165) is 62.5 Å². The second-order valence-electron chi connectivity index (χ2n) is 10.5. The summed E-state index contributed by atoms with van der Waals surface area (Å²) in [4.78, 5) is 42.7. The molecule has 0 aromatic carbocycles. The highest BCUT2D eigenvalue weighted by Gasteiger charge is 2.58. The molecule has 8 heteroatoms. The molecule has 0 unspecified atom stereocenters. The van der Waals surface area contributed by atoms with Crippen LogP contribution in [0.3, 0.4) is 0 Å². The molecule has 0 spiro atoms. The molecule has 4 atom stereocenters. The highest BCUT2D eigenvalue weighted by atomic mass is 16.5. The van der Waals surface area contributed by atoms with Gasteiger partial charge in [-0.2, -0.15) is 0 Å². The topological polar surface area (TPSA) is 101 Å². The van der Waals surface area contributed by atoms with Gasteiger partial charge in [-0.05, 0) is 56.2 Å². The van der Waals surface area contributed by atoms with E-state index in [0.29, 0.717) is 25.4 Å². The van der Waals surface area contributed by atoms with Crippen molar-refractivity contribution >= 4 is 17.4 Å². The van der Waals surface area contributed by atoms with E-state index >= 15 is 0 Å². The summed E-state index contributed by atoms with van der Waals surface area (Å²) in [6, 6.07) is 2.90. The molecule has 1 saturated heterocycles. The first-order chi connectivity index (χ1) is 17.1. The van der Waals surface area contributed by atoms with Crippen LogP contribution in [0.15, 0.2) is 23.0 Å². The molecule has 0 radical (unpaired) electrons. The second-order valence-corrected chi connectivity index (χ2v) is 10.5. The SMILES string of the molecule is COCCNC(=O)[C@@H]1[C@@H](CO)[C@@H]2Cn3c(ccc(C4=CCCCC4)c3=O)[C@H]1N2C(=O)C1CCCC1. The molecule has 3 heterocycles. The van der Waals surface area contributed by atoms with Gasteiger partial charge >= 0.3 is 0 Å². The van der Waals surface area contributed by atoms with Crippen molar-refractivity contribution < 1.29 is 19.4 Å². The number of aromatic nitrogens is 1. The number of nitrogens with one attached hydrogen (secondary N) is 1. The first kappa shape index (κ1) is 24.3. The molecule has 2 amide bonds. The summed E-state index contributed by atoms with van der Waals surface area (Å²) in [5.41, 5.74) is 2.49. The normalized spacial score (nSPS) is 28.1. The number of ether oxygens (including phenoxy) is 1. The minimum absolute atomic E-state index is 0.0421. The lowest BCUT2D eigenvalue weighted by atomic mass is 9.86. The van der Waals surface area contributed by atoms with Gasteiger partial charge in [-0.25, -0.2) is 0 Å². The minimum atomic E-state index is -0.611. The van der Waals surface area contributed by atoms with Gasteiger partial charge in [0.1, 0.15) is 0 Å². The summed E-state index contributed by atoms with van der Waals surface area (Å²) in [5.74, 6) is -1.21. The van der Waals surface area contributed by atoms with E-state index in [4.69, 9.17) is 4.74 Å². The summed E-state index contributed by atoms with van der Waals surface area (Å²) < 4.78 is 6.87. The number of carbonyl (C=O) groups is 2. The molecule has 2 aliphatic carbocycles. The number of amides is 2. The van der Waals surface area contributed by atoms with Crippen molar-refractivity contribution in [1.82, 2.24) is 14.8 Å². The van der Waals surface area contributed by atoms with Gasteiger partial charge < -0.3 is 24.6 Å². The van der Waals surface area contributed by atoms with Gasteiger partial charge in [0.2, 0.25) is 11.8 Å². The second kappa shape index (κ2) is 10.3. The summed E-state index contributed by atoms with van der Waals surface area (Å²) in [5, 5.41) is 13.4. The molecule has 1 saturated carbocycles. The van der Waals surface area contributed by atoms with E-state index in [1.165, 1.54) is 0 Å². The quantitative estimate of drug-likeness (QED) is 0.580. The standard InChI is InChI=1S/C27H37N3O5/c1-35-14-13-28-25(32)23-20(16-31)22-15-29-21(24(23)30(22)26(33)18-9-5-6-10-18)12-11-19(27(29)34)17-7-3-2-4-8-17/h7,11-12,18,20,22-24,31H,2-6,8-10,13-16H2,1H3,(H,28,32)/t20-,22-,23+,24+/m0/s1. The number of allylic oxidation sites excluding steroid dienone is 2. The fraction of sp³-hybridized carbons (Fsp3) is 0.667. The average molecular weight is 484 g/mol. The van der Waals surface area contributed by atoms with Crippen LogP contribution in [0.1, 0.15) is 68.7 Å². The third kappa shape index (κ3) is 4.25. The molecule has 2 N–H and O–H groups in total. The number of carbonyl (C=O) groups excluding carboxylic acids is 2. The van der Waals surface area contributed by atoms with E-state index in [9.17, 15) is 19.5 Å². The molecule has 8 nitrogen and oxygen atoms in total. The Labute approximate surface area is 206 Å². The van der Waals surface area contributed by atoms with Crippen LogP contribution >= 0.6 is 0 Å². The summed E-state index contributed by atoms with van der Waals surface area (Å²) in [7, 11) is 1.58. The zero-order chi connectivity index (χ0) is 24.5. The number of methoxy groups -OCH3 is 1. The number of rotatable bonds is 7. The van der Waals surface area contributed by atoms with E-state index in [2.05, 4.69) is 11.4 Å². The van der Waals surface area contributed by atoms with Gasteiger partial charge in [0.15, 0.2) is 0 Å². The Morgan fingerprint density at radius 2 is 1.97 bits per heavy atom. The predicted molar refractivity (Wildman–Crippen MR) is 131 cm³/mol. The Morgan fingerprint density at radius 3 is 2.66 bits per heavy atom. The Balaban J connectivity index is 1.57. The van der Waals surface area contributed by atoms with Crippen molar-refractivity contribution in [2.24, 2.45) is 17.8 Å². The Bertz CT molecular complexity index is 1060. The first-order valence-electron chi connectivity index (χ1n) is 13.2. The lowest BCUT2D eigenvalue weighted by Gasteiger charge is -2.39. The van der Waals surface area contributed by atoms with Crippen LogP contribution in [-0.4, -0.2) is 59.3 Å². The Hall–Kier alpha value is -2.45. The maximum absolute atomic E-state index is 13.8. The number of hydrogen-bond acceptors (Lipinski definition) is 5. The van der Waals surface area contributed by atoms with Gasteiger partial charge in [0, 0.05) is 49.9 Å². The van der Waals surface area contributed by atoms with Crippen LogP contribution in [0.2, 0.25) is 0 Å². The summed E-state index contributed by atoms with van der Waals surface area (Å²) >= 11 is 0. The number of fused-ring (bicyclic) bond motifs is 4. The van der Waals surface area contributed by atoms with Crippen LogP contribution in [-0.2, 0) is 20.9 Å². The number of aliphatic hydroxyl groups excluding tert-OH is 1. The van der Waals surface area contributed by atoms with E-state index < -0.39 is 17.9 Å². The lowest BCUT2D eigenvalue weighted by Crippen LogP contribution is -2.51. The first-order valence-corrected chi connectivity index (χ1v) is 13.2. The maximum atomic E-state index is 13.8. The maximum Gasteiger partial charge on any atom is 0.258 e. The van der Waals surface area contributed by atoms with Gasteiger partial charge in [-0.3, -0.25) is 14.4 Å². The van der Waals surface area contributed by atoms with E-state index in [1.54, 1.807) is 11.7 Å². The van der Waals surface area contributed by atoms with Gasteiger partial charge in [-0.15, -0.1) is 0 Å². The smallest absolute Gasteiger partial charge is 0.258 e. The lowest BCUT2D eigenvalue weighted by molar-refractivity contribution is -0.141. The van der Waals surface area contributed by atoms with Crippen LogP contribution < -0.4 is 10.9 Å². The zero-order valence-corrected chi connectivity index (χ0v) is 20.6. The van der Waals surface area contributed by atoms with Crippen molar-refractivity contribution in [2.75, 3.05) is 26.9 Å². The third-order valence-corrected chi connectivity index (χ3v) is 8.55. The average Bonchev–Trinajstić information content (AvgIpc) is 3.49. The molecular weight excluding hydrogens is 446 g/mol. The Morgan fingerprint density at radius 1 is 1.17 bits per heavy atom. The number of pyridine rings is 1. The molecule has 5 rings (SSSR count). The van der Waals surface area contributed by atoms with Crippen LogP contribution in [0.4, 0.5) is 0 Å². The van der Waals surface area contributed by atoms with Crippen molar-refractivity contribution in [3.63, 3.8) is 0 Å². The highest BCUT2D eigenvalue weighted by Crippen LogP contribution is 2.49. The number of hydrogen-bond donors (Lipinski definition) is 2. The fourth-order valence-corrected chi connectivity index (χ4v) is 6.81. The van der Waals surface area contributed by atoms with Gasteiger partial charge in [0.25, 0.3) is 5.56 Å². The minimum Gasteiger partial charge on any atom is -0.396 e. The van der Waals surface area contributed by atoms with Crippen LogP contribution in [0.25, 0.3) is 5.57 Å². The fourth-order valence-electron chi connectivity index (χ4n) is 6.81. The Kier molecular flexibility index (Phi) is 7.12. The van der Waals surface area contributed by atoms with Gasteiger partial charge in [-0.1, -0.05) is 18.9 Å². The summed E-state index contributed by atoms with van der Waals surface area (Å²) in [6.45, 7) is 0.851. The molecule has 4 aliphatic rings. The van der Waals surface area contributed by atoms with Crippen molar-refractivity contribution in [3.8, 4) is 0 Å². The van der Waals surface area contributed by atoms with Crippen LogP contribution in [0, 0.1) is 17.8 Å². The molecule has 35 heavy (non-hydrogen) atoms. The molecule has 1 aromatic heterocycles. The molecule has 190 valence electrons. The third-order valence-electron chi connectivity index (χ3n) is 8.55. The van der Waals surface area contributed by atoms with Crippen molar-refractivity contribution in [2.45, 2.75) is 70.0 Å². The molecule has 2 bridgehead atoms. The molecule has 2 fully saturated rings. The molecule has 1 aromatic rings. The molecule has 2 aliphatic heterocycles. The largest absolute Gasteiger partial charge is 0.396 e. The van der Waals surface area contributed by atoms with Crippen LogP contribution in [0.5, 0.6) is 0 Å². The van der Waals surface area contributed by atoms with Crippen molar-refractivity contribution in [3.05, 3.63) is 39.8 Å². The van der Waals surface area contributed by atoms with E-state index in [1.807, 2.05) is 17.0 Å².